The first-order chi connectivity index (χ1) is 11.3. The topological polar surface area (TPSA) is 49.4 Å². The molecule has 1 fully saturated rings. The summed E-state index contributed by atoms with van der Waals surface area (Å²) in [6, 6.07) is 5.32. The molecule has 1 heterocycles. The number of carbonyl (C=O) groups is 2. The van der Waals surface area contributed by atoms with Crippen molar-refractivity contribution < 1.29 is 9.59 Å². The molecule has 1 aliphatic heterocycles. The molecule has 24 heavy (non-hydrogen) atoms. The van der Waals surface area contributed by atoms with E-state index in [0.717, 1.165) is 31.2 Å². The number of likely N-dealkylation sites (tertiary alicyclic amines) is 1. The highest BCUT2D eigenvalue weighted by atomic mass is 35.5. The molecule has 132 valence electrons. The molecule has 4 nitrogen and oxygen atoms in total. The summed E-state index contributed by atoms with van der Waals surface area (Å²) in [6.07, 6.45) is 4.60. The first-order valence-corrected chi connectivity index (χ1v) is 9.09. The van der Waals surface area contributed by atoms with Crippen molar-refractivity contribution in [2.24, 2.45) is 0 Å². The van der Waals surface area contributed by atoms with Crippen LogP contribution in [-0.2, 0) is 15.1 Å². The molecule has 0 bridgehead atoms. The van der Waals surface area contributed by atoms with Gasteiger partial charge in [-0.3, -0.25) is 9.59 Å². The van der Waals surface area contributed by atoms with E-state index in [1.165, 1.54) is 0 Å². The predicted octanol–water partition coefficient (Wildman–Crippen LogP) is 4.14. The Kier molecular flexibility index (Phi) is 6.53. The van der Waals surface area contributed by atoms with Gasteiger partial charge in [-0.05, 0) is 44.4 Å². The number of halogens is 2. The molecule has 1 N–H and O–H groups in total. The molecule has 0 saturated carbocycles. The van der Waals surface area contributed by atoms with Crippen LogP contribution in [0.25, 0.3) is 0 Å². The molecule has 2 amide bonds. The lowest BCUT2D eigenvalue weighted by molar-refractivity contribution is -0.137. The zero-order chi connectivity index (χ0) is 17.7. The van der Waals surface area contributed by atoms with Crippen LogP contribution in [0.2, 0.25) is 10.0 Å². The van der Waals surface area contributed by atoms with Crippen molar-refractivity contribution in [3.8, 4) is 0 Å². The minimum absolute atomic E-state index is 0.0668. The van der Waals surface area contributed by atoms with Gasteiger partial charge in [-0.15, -0.1) is 0 Å². The fraction of sp³-hybridized carbons (Fsp3) is 0.556. The summed E-state index contributed by atoms with van der Waals surface area (Å²) in [5, 5.41) is 3.92. The zero-order valence-corrected chi connectivity index (χ0v) is 15.7. The molecule has 1 aromatic carbocycles. The van der Waals surface area contributed by atoms with E-state index in [1.807, 2.05) is 19.9 Å². The second-order valence-electron chi connectivity index (χ2n) is 6.78. The van der Waals surface area contributed by atoms with Crippen LogP contribution in [-0.4, -0.2) is 29.8 Å². The van der Waals surface area contributed by atoms with Crippen molar-refractivity contribution >= 4 is 35.0 Å². The Hall–Kier alpha value is -1.26. The summed E-state index contributed by atoms with van der Waals surface area (Å²) in [6.45, 7) is 4.56. The minimum atomic E-state index is -0.600. The van der Waals surface area contributed by atoms with Crippen molar-refractivity contribution in [1.29, 1.82) is 0 Å². The molecule has 2 rings (SSSR count). The zero-order valence-electron chi connectivity index (χ0n) is 14.2. The molecule has 0 aromatic heterocycles. The minimum Gasteiger partial charge on any atom is -0.346 e. The van der Waals surface area contributed by atoms with Crippen LogP contribution in [0.15, 0.2) is 18.2 Å². The van der Waals surface area contributed by atoms with Crippen LogP contribution in [0.5, 0.6) is 0 Å². The third kappa shape index (κ3) is 5.12. The maximum atomic E-state index is 12.4. The smallest absolute Gasteiger partial charge is 0.240 e. The Balaban J connectivity index is 2.01. The van der Waals surface area contributed by atoms with Gasteiger partial charge in [0.15, 0.2) is 0 Å². The second kappa shape index (κ2) is 8.21. The summed E-state index contributed by atoms with van der Waals surface area (Å²) in [5.74, 6) is -0.0998. The summed E-state index contributed by atoms with van der Waals surface area (Å²) in [5.41, 5.74) is 0.265. The van der Waals surface area contributed by atoms with Gasteiger partial charge in [-0.1, -0.05) is 42.1 Å². The van der Waals surface area contributed by atoms with Gasteiger partial charge in [0.25, 0.3) is 0 Å². The molecule has 0 atom stereocenters. The average molecular weight is 371 g/mol. The third-order valence-electron chi connectivity index (χ3n) is 4.35. The second-order valence-corrected chi connectivity index (χ2v) is 7.60. The van der Waals surface area contributed by atoms with Crippen molar-refractivity contribution in [3.05, 3.63) is 33.8 Å². The number of amides is 2. The van der Waals surface area contributed by atoms with Crippen LogP contribution in [0, 0.1) is 0 Å². The Bertz CT molecular complexity index is 617. The Morgan fingerprint density at radius 1 is 1.17 bits per heavy atom. The van der Waals surface area contributed by atoms with Gasteiger partial charge in [0.1, 0.15) is 0 Å². The predicted molar refractivity (Wildman–Crippen MR) is 97.3 cm³/mol. The van der Waals surface area contributed by atoms with E-state index in [1.54, 1.807) is 17.0 Å². The molecule has 0 radical (unpaired) electrons. The lowest BCUT2D eigenvalue weighted by Gasteiger charge is -2.30. The van der Waals surface area contributed by atoms with E-state index < -0.39 is 5.54 Å². The van der Waals surface area contributed by atoms with Crippen LogP contribution < -0.4 is 5.32 Å². The van der Waals surface area contributed by atoms with Crippen molar-refractivity contribution in [2.45, 2.75) is 51.5 Å². The number of hydrogen-bond acceptors (Lipinski definition) is 2. The fourth-order valence-corrected chi connectivity index (χ4v) is 3.20. The molecular formula is C18H24Cl2N2O2. The monoisotopic (exact) mass is 370 g/mol. The molecular weight excluding hydrogens is 347 g/mol. The molecule has 0 spiro atoms. The maximum Gasteiger partial charge on any atom is 0.240 e. The Labute approximate surface area is 153 Å². The number of hydrogen-bond donors (Lipinski definition) is 1. The van der Waals surface area contributed by atoms with E-state index in [2.05, 4.69) is 5.32 Å². The summed E-state index contributed by atoms with van der Waals surface area (Å²) < 4.78 is 0. The van der Waals surface area contributed by atoms with E-state index in [9.17, 15) is 9.59 Å². The third-order valence-corrected chi connectivity index (χ3v) is 5.09. The van der Waals surface area contributed by atoms with Gasteiger partial charge in [0.2, 0.25) is 11.8 Å². The highest BCUT2D eigenvalue weighted by Gasteiger charge is 2.26. The van der Waals surface area contributed by atoms with Crippen molar-refractivity contribution in [2.75, 3.05) is 13.1 Å². The lowest BCUT2D eigenvalue weighted by Crippen LogP contribution is -2.47. The average Bonchev–Trinajstić information content (AvgIpc) is 2.49. The normalized spacial score (nSPS) is 16.5. The molecule has 1 aromatic rings. The van der Waals surface area contributed by atoms with Crippen molar-refractivity contribution in [3.63, 3.8) is 0 Å². The van der Waals surface area contributed by atoms with E-state index in [-0.39, 0.29) is 18.4 Å². The number of nitrogens with one attached hydrogen (secondary N) is 1. The number of nitrogens with zero attached hydrogens (tertiary/aromatic N) is 1. The molecule has 1 aliphatic rings. The van der Waals surface area contributed by atoms with E-state index >= 15 is 0 Å². The SMILES string of the molecule is CC(C)(NC(=O)CN1CCCCCCC1=O)c1ccc(Cl)c(Cl)c1. The van der Waals surface area contributed by atoms with Gasteiger partial charge in [-0.25, -0.2) is 0 Å². The number of rotatable bonds is 4. The number of benzene rings is 1. The van der Waals surface area contributed by atoms with Crippen LogP contribution in [0.3, 0.4) is 0 Å². The highest BCUT2D eigenvalue weighted by Crippen LogP contribution is 2.28. The van der Waals surface area contributed by atoms with E-state index in [4.69, 9.17) is 23.2 Å². The lowest BCUT2D eigenvalue weighted by atomic mass is 9.94. The summed E-state index contributed by atoms with van der Waals surface area (Å²) >= 11 is 12.0. The number of carbonyl (C=O) groups excluding carboxylic acids is 2. The molecule has 6 heteroatoms. The molecule has 1 saturated heterocycles. The van der Waals surface area contributed by atoms with Crippen molar-refractivity contribution in [1.82, 2.24) is 10.2 Å². The highest BCUT2D eigenvalue weighted by molar-refractivity contribution is 6.42. The quantitative estimate of drug-likeness (QED) is 0.865. The fourth-order valence-electron chi connectivity index (χ4n) is 2.90. The van der Waals surface area contributed by atoms with Gasteiger partial charge < -0.3 is 10.2 Å². The van der Waals surface area contributed by atoms with Gasteiger partial charge in [-0.2, -0.15) is 0 Å². The van der Waals surface area contributed by atoms with E-state index in [0.29, 0.717) is 23.0 Å². The maximum absolute atomic E-state index is 12.4. The molecule has 0 unspecified atom stereocenters. The van der Waals surface area contributed by atoms with Gasteiger partial charge in [0.05, 0.1) is 22.1 Å². The Morgan fingerprint density at radius 3 is 2.58 bits per heavy atom. The first-order valence-electron chi connectivity index (χ1n) is 8.34. The standard InChI is InChI=1S/C18H24Cl2N2O2/c1-18(2,13-8-9-14(19)15(20)11-13)21-16(23)12-22-10-6-4-3-5-7-17(22)24/h8-9,11H,3-7,10,12H2,1-2H3,(H,21,23). The Morgan fingerprint density at radius 2 is 1.88 bits per heavy atom. The summed E-state index contributed by atoms with van der Waals surface area (Å²) in [7, 11) is 0. The van der Waals surface area contributed by atoms with Gasteiger partial charge in [0, 0.05) is 13.0 Å². The van der Waals surface area contributed by atoms with Crippen LogP contribution in [0.1, 0.15) is 51.5 Å². The van der Waals surface area contributed by atoms with Gasteiger partial charge >= 0.3 is 0 Å². The van der Waals surface area contributed by atoms with Crippen LogP contribution in [0.4, 0.5) is 0 Å². The molecule has 0 aliphatic carbocycles. The van der Waals surface area contributed by atoms with Crippen LogP contribution >= 0.6 is 23.2 Å². The summed E-state index contributed by atoms with van der Waals surface area (Å²) in [4.78, 5) is 26.2. The largest absolute Gasteiger partial charge is 0.346 e. The first kappa shape index (κ1) is 19.1.